The van der Waals surface area contributed by atoms with Crippen molar-refractivity contribution >= 4 is 17.7 Å². The number of hydrogen-bond donors (Lipinski definition) is 0. The van der Waals surface area contributed by atoms with Gasteiger partial charge in [0.2, 0.25) is 0 Å². The second-order valence-corrected chi connectivity index (χ2v) is 6.58. The lowest BCUT2D eigenvalue weighted by atomic mass is 10.1. The van der Waals surface area contributed by atoms with Gasteiger partial charge in [0, 0.05) is 24.7 Å². The summed E-state index contributed by atoms with van der Waals surface area (Å²) < 4.78 is 6.21. The van der Waals surface area contributed by atoms with E-state index < -0.39 is 5.25 Å². The van der Waals surface area contributed by atoms with Crippen LogP contribution in [0.5, 0.6) is 0 Å². The SMILES string of the molecule is COC(=O)[C@@H](C)Sc1nc(C)c(Cc2ccccc2)c(=O)n1C. The smallest absolute Gasteiger partial charge is 0.318 e. The molecular weight excluding hydrogens is 312 g/mol. The molecule has 0 bridgehead atoms. The Morgan fingerprint density at radius 2 is 2.00 bits per heavy atom. The molecular formula is C17H20N2O3S. The highest BCUT2D eigenvalue weighted by Gasteiger charge is 2.19. The fourth-order valence-corrected chi connectivity index (χ4v) is 3.15. The number of carbonyl (C=O) groups is 1. The number of rotatable bonds is 5. The Hall–Kier alpha value is -2.08. The quantitative estimate of drug-likeness (QED) is 0.478. The Morgan fingerprint density at radius 1 is 1.35 bits per heavy atom. The second kappa shape index (κ2) is 7.46. The lowest BCUT2D eigenvalue weighted by Crippen LogP contribution is -2.27. The molecule has 122 valence electrons. The van der Waals surface area contributed by atoms with E-state index in [4.69, 9.17) is 4.74 Å². The number of hydrogen-bond acceptors (Lipinski definition) is 5. The molecule has 1 aromatic heterocycles. The molecule has 2 rings (SSSR count). The van der Waals surface area contributed by atoms with Crippen LogP contribution >= 0.6 is 11.8 Å². The topological polar surface area (TPSA) is 61.2 Å². The predicted octanol–water partition coefficient (Wildman–Crippen LogP) is 2.33. The molecule has 1 atom stereocenters. The lowest BCUT2D eigenvalue weighted by molar-refractivity contribution is -0.139. The van der Waals surface area contributed by atoms with Crippen LogP contribution in [-0.4, -0.2) is 27.9 Å². The molecule has 23 heavy (non-hydrogen) atoms. The molecule has 0 aliphatic rings. The van der Waals surface area contributed by atoms with E-state index >= 15 is 0 Å². The van der Waals surface area contributed by atoms with Gasteiger partial charge in [-0.2, -0.15) is 0 Å². The minimum atomic E-state index is -0.419. The molecule has 5 nitrogen and oxygen atoms in total. The van der Waals surface area contributed by atoms with Crippen molar-refractivity contribution in [1.82, 2.24) is 9.55 Å². The molecule has 0 aliphatic heterocycles. The first-order chi connectivity index (χ1) is 10.9. The first-order valence-electron chi connectivity index (χ1n) is 7.29. The minimum Gasteiger partial charge on any atom is -0.468 e. The lowest BCUT2D eigenvalue weighted by Gasteiger charge is -2.14. The summed E-state index contributed by atoms with van der Waals surface area (Å²) >= 11 is 1.22. The zero-order chi connectivity index (χ0) is 17.0. The monoisotopic (exact) mass is 332 g/mol. The van der Waals surface area contributed by atoms with Crippen LogP contribution in [0.2, 0.25) is 0 Å². The normalized spacial score (nSPS) is 12.0. The number of nitrogens with zero attached hydrogens (tertiary/aromatic N) is 2. The van der Waals surface area contributed by atoms with Crippen molar-refractivity contribution in [3.63, 3.8) is 0 Å². The van der Waals surface area contributed by atoms with E-state index in [2.05, 4.69) is 4.98 Å². The number of aromatic nitrogens is 2. The summed E-state index contributed by atoms with van der Waals surface area (Å²) in [5.41, 5.74) is 2.35. The fourth-order valence-electron chi connectivity index (χ4n) is 2.21. The van der Waals surface area contributed by atoms with Crippen molar-refractivity contribution < 1.29 is 9.53 Å². The van der Waals surface area contributed by atoms with Gasteiger partial charge in [0.25, 0.3) is 5.56 Å². The number of esters is 1. The van der Waals surface area contributed by atoms with Crippen molar-refractivity contribution in [2.75, 3.05) is 7.11 Å². The number of methoxy groups -OCH3 is 1. The Kier molecular flexibility index (Phi) is 5.60. The van der Waals surface area contributed by atoms with Crippen LogP contribution in [0, 0.1) is 6.92 Å². The highest BCUT2D eigenvalue weighted by molar-refractivity contribution is 8.00. The molecule has 1 heterocycles. The van der Waals surface area contributed by atoms with Gasteiger partial charge in [-0.05, 0) is 19.4 Å². The predicted molar refractivity (Wildman–Crippen MR) is 90.8 cm³/mol. The van der Waals surface area contributed by atoms with Crippen LogP contribution in [0.1, 0.15) is 23.7 Å². The van der Waals surface area contributed by atoms with E-state index in [-0.39, 0.29) is 11.5 Å². The zero-order valence-corrected chi connectivity index (χ0v) is 14.5. The molecule has 0 unspecified atom stereocenters. The second-order valence-electron chi connectivity index (χ2n) is 5.27. The van der Waals surface area contributed by atoms with Gasteiger partial charge >= 0.3 is 5.97 Å². The number of carbonyl (C=O) groups excluding carboxylic acids is 1. The molecule has 2 aromatic rings. The third kappa shape index (κ3) is 4.01. The third-order valence-corrected chi connectivity index (χ3v) is 4.71. The molecule has 1 aromatic carbocycles. The number of aryl methyl sites for hydroxylation is 1. The summed E-state index contributed by atoms with van der Waals surface area (Å²) in [7, 11) is 3.02. The fraction of sp³-hybridized carbons (Fsp3) is 0.353. The highest BCUT2D eigenvalue weighted by Crippen LogP contribution is 2.22. The van der Waals surface area contributed by atoms with Crippen LogP contribution in [0.15, 0.2) is 40.3 Å². The molecule has 0 saturated heterocycles. The Bertz CT molecular complexity index is 756. The van der Waals surface area contributed by atoms with Crippen LogP contribution in [0.25, 0.3) is 0 Å². The average molecular weight is 332 g/mol. The average Bonchev–Trinajstić information content (AvgIpc) is 2.56. The van der Waals surface area contributed by atoms with Gasteiger partial charge in [0.15, 0.2) is 5.16 Å². The van der Waals surface area contributed by atoms with E-state index in [9.17, 15) is 9.59 Å². The molecule has 0 spiro atoms. The van der Waals surface area contributed by atoms with Crippen molar-refractivity contribution in [1.29, 1.82) is 0 Å². The summed E-state index contributed by atoms with van der Waals surface area (Å²) in [6.45, 7) is 3.56. The minimum absolute atomic E-state index is 0.0825. The molecule has 0 radical (unpaired) electrons. The maximum absolute atomic E-state index is 12.6. The maximum Gasteiger partial charge on any atom is 0.318 e. The number of benzene rings is 1. The van der Waals surface area contributed by atoms with Gasteiger partial charge in [0.05, 0.1) is 7.11 Å². The van der Waals surface area contributed by atoms with Gasteiger partial charge in [0.1, 0.15) is 5.25 Å². The summed E-state index contributed by atoms with van der Waals surface area (Å²) in [6, 6.07) is 9.82. The summed E-state index contributed by atoms with van der Waals surface area (Å²) in [6.07, 6.45) is 0.545. The largest absolute Gasteiger partial charge is 0.468 e. The molecule has 0 aliphatic carbocycles. The summed E-state index contributed by atoms with van der Waals surface area (Å²) in [4.78, 5) is 28.7. The summed E-state index contributed by atoms with van der Waals surface area (Å²) in [5.74, 6) is -0.338. The maximum atomic E-state index is 12.6. The Balaban J connectivity index is 2.33. The van der Waals surface area contributed by atoms with E-state index in [0.717, 1.165) is 5.56 Å². The van der Waals surface area contributed by atoms with Crippen molar-refractivity contribution in [2.45, 2.75) is 30.7 Å². The van der Waals surface area contributed by atoms with Crippen molar-refractivity contribution in [2.24, 2.45) is 7.05 Å². The van der Waals surface area contributed by atoms with Gasteiger partial charge in [-0.1, -0.05) is 42.1 Å². The Labute approximate surface area is 139 Å². The van der Waals surface area contributed by atoms with Gasteiger partial charge in [-0.25, -0.2) is 4.98 Å². The molecule has 0 amide bonds. The van der Waals surface area contributed by atoms with Crippen LogP contribution in [-0.2, 0) is 23.0 Å². The molecule has 0 saturated carbocycles. The standard InChI is InChI=1S/C17H20N2O3S/c1-11-14(10-13-8-6-5-7-9-13)15(20)19(3)17(18-11)23-12(2)16(21)22-4/h5-9,12H,10H2,1-4H3/t12-/m1/s1. The van der Waals surface area contributed by atoms with E-state index in [1.165, 1.54) is 23.4 Å². The van der Waals surface area contributed by atoms with E-state index in [1.807, 2.05) is 37.3 Å². The van der Waals surface area contributed by atoms with Gasteiger partial charge < -0.3 is 4.74 Å². The molecule has 0 fully saturated rings. The molecule has 0 N–H and O–H groups in total. The van der Waals surface area contributed by atoms with E-state index in [0.29, 0.717) is 22.8 Å². The van der Waals surface area contributed by atoms with Crippen LogP contribution < -0.4 is 5.56 Å². The van der Waals surface area contributed by atoms with Gasteiger partial charge in [-0.15, -0.1) is 0 Å². The number of thioether (sulfide) groups is 1. The molecule has 6 heteroatoms. The van der Waals surface area contributed by atoms with E-state index in [1.54, 1.807) is 14.0 Å². The van der Waals surface area contributed by atoms with Crippen LogP contribution in [0.4, 0.5) is 0 Å². The third-order valence-electron chi connectivity index (χ3n) is 3.59. The van der Waals surface area contributed by atoms with Crippen molar-refractivity contribution in [3.8, 4) is 0 Å². The zero-order valence-electron chi connectivity index (χ0n) is 13.7. The highest BCUT2D eigenvalue weighted by atomic mass is 32.2. The Morgan fingerprint density at radius 3 is 2.61 bits per heavy atom. The first-order valence-corrected chi connectivity index (χ1v) is 8.17. The summed E-state index contributed by atoms with van der Waals surface area (Å²) in [5, 5.41) is 0.0969. The van der Waals surface area contributed by atoms with Gasteiger partial charge in [-0.3, -0.25) is 14.2 Å². The van der Waals surface area contributed by atoms with Crippen molar-refractivity contribution in [3.05, 3.63) is 57.5 Å². The first kappa shape index (κ1) is 17.3. The number of ether oxygens (including phenoxy) is 1. The van der Waals surface area contributed by atoms with Crippen LogP contribution in [0.3, 0.4) is 0 Å².